The third-order valence-electron chi connectivity index (χ3n) is 5.22. The molecule has 2 heterocycles. The summed E-state index contributed by atoms with van der Waals surface area (Å²) in [5.41, 5.74) is 6.33. The number of nitrogens with two attached hydrogens (primary N) is 1. The molecule has 0 radical (unpaired) electrons. The van der Waals surface area contributed by atoms with Crippen molar-refractivity contribution < 1.29 is 9.53 Å². The number of aromatic nitrogens is 1. The Kier molecular flexibility index (Phi) is 6.08. The fourth-order valence-electron chi connectivity index (χ4n) is 3.86. The molecule has 23 heavy (non-hydrogen) atoms. The molecule has 3 unspecified atom stereocenters. The number of hydrogen-bond donors (Lipinski definition) is 2. The minimum atomic E-state index is -0.899. The lowest BCUT2D eigenvalue weighted by molar-refractivity contribution is -0.222. The van der Waals surface area contributed by atoms with Crippen LogP contribution in [0.1, 0.15) is 32.3 Å². The van der Waals surface area contributed by atoms with E-state index in [2.05, 4.69) is 10.3 Å². The number of carbonyl (C=O) groups excluding carboxylic acids is 1. The van der Waals surface area contributed by atoms with Gasteiger partial charge in [0, 0.05) is 24.1 Å². The molecular formula is C16H25Cl2N3O2. The Bertz CT molecular complexity index is 582. The molecule has 3 N–H and O–H groups in total. The summed E-state index contributed by atoms with van der Waals surface area (Å²) < 4.78 is 5.83. The van der Waals surface area contributed by atoms with Gasteiger partial charge in [0.1, 0.15) is 11.4 Å². The molecule has 0 aromatic carbocycles. The number of nitrogens with one attached hydrogen (secondary N) is 1. The maximum absolute atomic E-state index is 12.8. The van der Waals surface area contributed by atoms with Gasteiger partial charge < -0.3 is 15.8 Å². The van der Waals surface area contributed by atoms with Crippen molar-refractivity contribution in [2.24, 2.45) is 17.1 Å². The molecule has 1 aliphatic carbocycles. The first kappa shape index (κ1) is 20.2. The maximum Gasteiger partial charge on any atom is 0.246 e. The SMILES string of the molecule is Cc1ccnc(NC(=O)C2(N)C3CCCOC3C2(C)C)c1.Cl.Cl. The molecular weight excluding hydrogens is 337 g/mol. The summed E-state index contributed by atoms with van der Waals surface area (Å²) in [4.78, 5) is 17.0. The van der Waals surface area contributed by atoms with E-state index in [1.54, 1.807) is 6.20 Å². The van der Waals surface area contributed by atoms with E-state index >= 15 is 0 Å². The lowest BCUT2D eigenvalue weighted by atomic mass is 9.46. The van der Waals surface area contributed by atoms with Gasteiger partial charge in [-0.1, -0.05) is 13.8 Å². The average molecular weight is 362 g/mol. The minimum absolute atomic E-state index is 0. The zero-order valence-electron chi connectivity index (χ0n) is 13.7. The fraction of sp³-hybridized carbons (Fsp3) is 0.625. The number of anilines is 1. The van der Waals surface area contributed by atoms with Crippen LogP contribution >= 0.6 is 24.8 Å². The smallest absolute Gasteiger partial charge is 0.246 e. The molecule has 0 bridgehead atoms. The molecule has 5 nitrogen and oxygen atoms in total. The van der Waals surface area contributed by atoms with Crippen molar-refractivity contribution in [3.63, 3.8) is 0 Å². The summed E-state index contributed by atoms with van der Waals surface area (Å²) in [6.07, 6.45) is 3.67. The van der Waals surface area contributed by atoms with Crippen LogP contribution in [0.4, 0.5) is 5.82 Å². The van der Waals surface area contributed by atoms with Crippen LogP contribution in [-0.2, 0) is 9.53 Å². The van der Waals surface area contributed by atoms with Gasteiger partial charge in [-0.3, -0.25) is 4.79 Å². The molecule has 1 aliphatic heterocycles. The van der Waals surface area contributed by atoms with E-state index in [9.17, 15) is 4.79 Å². The average Bonchev–Trinajstić information content (AvgIpc) is 2.46. The van der Waals surface area contributed by atoms with Crippen LogP contribution in [0.3, 0.4) is 0 Å². The molecule has 130 valence electrons. The van der Waals surface area contributed by atoms with Crippen molar-refractivity contribution in [3.8, 4) is 0 Å². The molecule has 2 fully saturated rings. The molecule has 0 spiro atoms. The quantitative estimate of drug-likeness (QED) is 0.848. The molecule has 3 rings (SSSR count). The van der Waals surface area contributed by atoms with Gasteiger partial charge in [0.2, 0.25) is 5.91 Å². The van der Waals surface area contributed by atoms with Gasteiger partial charge in [0.15, 0.2) is 0 Å². The number of amides is 1. The highest BCUT2D eigenvalue weighted by molar-refractivity contribution is 5.99. The number of carbonyl (C=O) groups is 1. The summed E-state index contributed by atoms with van der Waals surface area (Å²) in [6, 6.07) is 3.74. The van der Waals surface area contributed by atoms with Crippen LogP contribution in [0.25, 0.3) is 0 Å². The Labute approximate surface area is 149 Å². The van der Waals surface area contributed by atoms with E-state index in [0.29, 0.717) is 5.82 Å². The van der Waals surface area contributed by atoms with Gasteiger partial charge >= 0.3 is 0 Å². The van der Waals surface area contributed by atoms with Gasteiger partial charge in [0.05, 0.1) is 6.10 Å². The highest BCUT2D eigenvalue weighted by Crippen LogP contribution is 2.57. The Morgan fingerprint density at radius 2 is 2.13 bits per heavy atom. The topological polar surface area (TPSA) is 77.2 Å². The Morgan fingerprint density at radius 1 is 1.43 bits per heavy atom. The van der Waals surface area contributed by atoms with Crippen LogP contribution in [0, 0.1) is 18.3 Å². The zero-order valence-corrected chi connectivity index (χ0v) is 15.3. The van der Waals surface area contributed by atoms with Crippen molar-refractivity contribution in [2.75, 3.05) is 11.9 Å². The Hall–Kier alpha value is -0.880. The van der Waals surface area contributed by atoms with E-state index in [1.807, 2.05) is 32.9 Å². The first-order valence-electron chi connectivity index (χ1n) is 7.52. The standard InChI is InChI=1S/C16H23N3O2.2ClH/c1-10-6-7-18-12(9-10)19-14(20)16(17)11-5-4-8-21-13(11)15(16,2)3;;/h6-7,9,11,13H,4-5,8,17H2,1-3H3,(H,18,19,20);2*1H. The predicted molar refractivity (Wildman–Crippen MR) is 95.3 cm³/mol. The van der Waals surface area contributed by atoms with Gasteiger partial charge in [-0.25, -0.2) is 4.98 Å². The van der Waals surface area contributed by atoms with E-state index in [0.717, 1.165) is 25.0 Å². The number of pyridine rings is 1. The molecule has 3 atom stereocenters. The van der Waals surface area contributed by atoms with Gasteiger partial charge in [-0.05, 0) is 37.5 Å². The molecule has 7 heteroatoms. The second kappa shape index (κ2) is 6.93. The van der Waals surface area contributed by atoms with Crippen LogP contribution < -0.4 is 11.1 Å². The fourth-order valence-corrected chi connectivity index (χ4v) is 3.86. The number of fused-ring (bicyclic) bond motifs is 1. The lowest BCUT2D eigenvalue weighted by Gasteiger charge is -2.65. The van der Waals surface area contributed by atoms with E-state index < -0.39 is 5.54 Å². The van der Waals surface area contributed by atoms with E-state index in [4.69, 9.17) is 10.5 Å². The molecule has 1 aromatic rings. The van der Waals surface area contributed by atoms with Gasteiger partial charge in [-0.15, -0.1) is 24.8 Å². The molecule has 1 amide bonds. The van der Waals surface area contributed by atoms with Crippen LogP contribution in [-0.4, -0.2) is 29.1 Å². The largest absolute Gasteiger partial charge is 0.377 e. The maximum atomic E-state index is 12.8. The number of halogens is 2. The minimum Gasteiger partial charge on any atom is -0.377 e. The van der Waals surface area contributed by atoms with Crippen LogP contribution in [0.2, 0.25) is 0 Å². The highest BCUT2D eigenvalue weighted by Gasteiger charge is 2.70. The second-order valence-electron chi connectivity index (χ2n) is 6.80. The van der Waals surface area contributed by atoms with E-state index in [1.165, 1.54) is 0 Å². The van der Waals surface area contributed by atoms with E-state index in [-0.39, 0.29) is 48.2 Å². The van der Waals surface area contributed by atoms with Crippen LogP contribution in [0.5, 0.6) is 0 Å². The Morgan fingerprint density at radius 3 is 2.78 bits per heavy atom. The second-order valence-corrected chi connectivity index (χ2v) is 6.80. The number of rotatable bonds is 2. The molecule has 1 aromatic heterocycles. The summed E-state index contributed by atoms with van der Waals surface area (Å²) in [6.45, 7) is 6.76. The van der Waals surface area contributed by atoms with Crippen LogP contribution in [0.15, 0.2) is 18.3 Å². The molecule has 1 saturated heterocycles. The normalized spacial score (nSPS) is 30.8. The number of nitrogens with zero attached hydrogens (tertiary/aromatic N) is 1. The van der Waals surface area contributed by atoms with Crippen molar-refractivity contribution >= 4 is 36.5 Å². The first-order valence-corrected chi connectivity index (χ1v) is 7.52. The number of aryl methyl sites for hydroxylation is 1. The summed E-state index contributed by atoms with van der Waals surface area (Å²) >= 11 is 0. The number of hydrogen-bond acceptors (Lipinski definition) is 4. The zero-order chi connectivity index (χ0) is 15.3. The lowest BCUT2D eigenvalue weighted by Crippen LogP contribution is -2.81. The van der Waals surface area contributed by atoms with Crippen molar-refractivity contribution in [1.29, 1.82) is 0 Å². The highest BCUT2D eigenvalue weighted by atomic mass is 35.5. The predicted octanol–water partition coefficient (Wildman–Crippen LogP) is 2.70. The first-order chi connectivity index (χ1) is 9.87. The molecule has 1 saturated carbocycles. The number of ether oxygens (including phenoxy) is 1. The monoisotopic (exact) mass is 361 g/mol. The van der Waals surface area contributed by atoms with Crippen molar-refractivity contribution in [1.82, 2.24) is 4.98 Å². The van der Waals surface area contributed by atoms with Gasteiger partial charge in [-0.2, -0.15) is 0 Å². The van der Waals surface area contributed by atoms with Crippen molar-refractivity contribution in [3.05, 3.63) is 23.9 Å². The summed E-state index contributed by atoms with van der Waals surface area (Å²) in [7, 11) is 0. The third-order valence-corrected chi connectivity index (χ3v) is 5.22. The van der Waals surface area contributed by atoms with Gasteiger partial charge in [0.25, 0.3) is 0 Å². The summed E-state index contributed by atoms with van der Waals surface area (Å²) in [5.74, 6) is 0.490. The summed E-state index contributed by atoms with van der Waals surface area (Å²) in [5, 5.41) is 2.88. The van der Waals surface area contributed by atoms with Crippen molar-refractivity contribution in [2.45, 2.75) is 45.3 Å². The Balaban J connectivity index is 0.00000132. The molecule has 2 aliphatic rings. The third kappa shape index (κ3) is 2.95.